The fourth-order valence-corrected chi connectivity index (χ4v) is 3.64. The number of esters is 1. The monoisotopic (exact) mass is 345 g/mol. The Bertz CT molecular complexity index is 761. The van der Waals surface area contributed by atoms with Gasteiger partial charge in [0.25, 0.3) is 0 Å². The molecule has 0 saturated carbocycles. The van der Waals surface area contributed by atoms with Gasteiger partial charge in [-0.25, -0.2) is 4.39 Å². The zero-order valence-corrected chi connectivity index (χ0v) is 14.0. The van der Waals surface area contributed by atoms with E-state index in [-0.39, 0.29) is 29.9 Å². The smallest absolute Gasteiger partial charge is 0.323 e. The summed E-state index contributed by atoms with van der Waals surface area (Å²) in [6, 6.07) is 5.85. The number of carbonyl (C=O) groups excluding carboxylic acids is 1. The Balaban J connectivity index is 1.48. The minimum atomic E-state index is -0.298. The second-order valence-electron chi connectivity index (χ2n) is 6.80. The second-order valence-corrected chi connectivity index (χ2v) is 6.80. The van der Waals surface area contributed by atoms with E-state index in [0.717, 1.165) is 31.4 Å². The summed E-state index contributed by atoms with van der Waals surface area (Å²) >= 11 is 0. The van der Waals surface area contributed by atoms with E-state index in [0.29, 0.717) is 18.3 Å². The molecule has 2 saturated heterocycles. The predicted molar refractivity (Wildman–Crippen MR) is 87.2 cm³/mol. The van der Waals surface area contributed by atoms with Gasteiger partial charge in [0, 0.05) is 18.5 Å². The summed E-state index contributed by atoms with van der Waals surface area (Å²) in [5.41, 5.74) is 0.720. The van der Waals surface area contributed by atoms with Gasteiger partial charge < -0.3 is 9.26 Å². The summed E-state index contributed by atoms with van der Waals surface area (Å²) in [4.78, 5) is 18.7. The fraction of sp³-hybridized carbons (Fsp3) is 0.500. The molecule has 6 nitrogen and oxygen atoms in total. The molecule has 0 amide bonds. The summed E-state index contributed by atoms with van der Waals surface area (Å²) in [5.74, 6) is 0.697. The first-order valence-corrected chi connectivity index (χ1v) is 8.64. The highest BCUT2D eigenvalue weighted by molar-refractivity contribution is 5.78. The number of hydrogen-bond donors (Lipinski definition) is 0. The average molecular weight is 345 g/mol. The Labute approximate surface area is 145 Å². The molecule has 0 radical (unpaired) electrons. The van der Waals surface area contributed by atoms with Crippen molar-refractivity contribution in [2.75, 3.05) is 13.1 Å². The maximum atomic E-state index is 13.0. The lowest BCUT2D eigenvalue weighted by Gasteiger charge is -2.33. The highest BCUT2D eigenvalue weighted by Gasteiger charge is 2.39. The quantitative estimate of drug-likeness (QED) is 0.797. The number of ether oxygens (including phenoxy) is 1. The molecule has 0 N–H and O–H groups in total. The fourth-order valence-electron chi connectivity index (χ4n) is 3.64. The lowest BCUT2D eigenvalue weighted by Crippen LogP contribution is -2.44. The van der Waals surface area contributed by atoms with Gasteiger partial charge in [0.15, 0.2) is 0 Å². The van der Waals surface area contributed by atoms with E-state index in [4.69, 9.17) is 9.26 Å². The maximum Gasteiger partial charge on any atom is 0.323 e. The van der Waals surface area contributed by atoms with Gasteiger partial charge in [-0.3, -0.25) is 9.69 Å². The first kappa shape index (κ1) is 16.2. The molecular formula is C18H20FN3O3. The number of halogens is 1. The number of aromatic nitrogens is 2. The molecule has 2 aliphatic heterocycles. The van der Waals surface area contributed by atoms with Crippen molar-refractivity contribution < 1.29 is 18.4 Å². The molecule has 0 bridgehead atoms. The maximum absolute atomic E-state index is 13.0. The largest absolute Gasteiger partial charge is 0.461 e. The number of cyclic esters (lactones) is 1. The molecule has 4 rings (SSSR count). The molecule has 7 heteroatoms. The van der Waals surface area contributed by atoms with Gasteiger partial charge in [0.2, 0.25) is 11.7 Å². The van der Waals surface area contributed by atoms with Crippen molar-refractivity contribution in [3.05, 3.63) is 36.0 Å². The van der Waals surface area contributed by atoms with E-state index in [9.17, 15) is 9.18 Å². The molecular weight excluding hydrogens is 325 g/mol. The Morgan fingerprint density at radius 3 is 2.80 bits per heavy atom. The molecule has 3 atom stereocenters. The van der Waals surface area contributed by atoms with E-state index in [1.165, 1.54) is 12.1 Å². The first-order chi connectivity index (χ1) is 12.1. The minimum Gasteiger partial charge on any atom is -0.461 e. The van der Waals surface area contributed by atoms with Crippen LogP contribution >= 0.6 is 0 Å². The molecule has 0 aliphatic carbocycles. The lowest BCUT2D eigenvalue weighted by atomic mass is 9.96. The van der Waals surface area contributed by atoms with Crippen molar-refractivity contribution in [3.8, 4) is 11.4 Å². The summed E-state index contributed by atoms with van der Waals surface area (Å²) in [5, 5.41) is 4.02. The van der Waals surface area contributed by atoms with Crippen LogP contribution in [0.1, 0.15) is 38.0 Å². The van der Waals surface area contributed by atoms with E-state index < -0.39 is 0 Å². The Kier molecular flexibility index (Phi) is 4.25. The topological polar surface area (TPSA) is 68.5 Å². The highest BCUT2D eigenvalue weighted by atomic mass is 19.1. The number of piperidine rings is 1. The number of nitrogens with zero attached hydrogens (tertiary/aromatic N) is 3. The van der Waals surface area contributed by atoms with Crippen LogP contribution in [0, 0.1) is 5.82 Å². The van der Waals surface area contributed by atoms with Gasteiger partial charge in [0.05, 0.1) is 5.92 Å². The zero-order valence-electron chi connectivity index (χ0n) is 14.0. The summed E-state index contributed by atoms with van der Waals surface area (Å²) in [7, 11) is 0. The van der Waals surface area contributed by atoms with E-state index >= 15 is 0 Å². The molecule has 2 aliphatic rings. The van der Waals surface area contributed by atoms with Gasteiger partial charge >= 0.3 is 5.97 Å². The zero-order chi connectivity index (χ0) is 17.4. The van der Waals surface area contributed by atoms with Gasteiger partial charge in [-0.2, -0.15) is 4.98 Å². The minimum absolute atomic E-state index is 0.0219. The number of hydrogen-bond acceptors (Lipinski definition) is 6. The van der Waals surface area contributed by atoms with Crippen molar-refractivity contribution in [2.24, 2.45) is 0 Å². The number of carbonyl (C=O) groups is 1. The van der Waals surface area contributed by atoms with Crippen LogP contribution in [0.15, 0.2) is 28.8 Å². The van der Waals surface area contributed by atoms with Crippen molar-refractivity contribution in [2.45, 2.75) is 44.2 Å². The average Bonchev–Trinajstić information content (AvgIpc) is 3.22. The third-order valence-corrected chi connectivity index (χ3v) is 4.93. The van der Waals surface area contributed by atoms with Crippen LogP contribution in [-0.2, 0) is 9.53 Å². The third-order valence-electron chi connectivity index (χ3n) is 4.93. The van der Waals surface area contributed by atoms with Crippen LogP contribution in [0.4, 0.5) is 4.39 Å². The normalized spacial score (nSPS) is 27.4. The van der Waals surface area contributed by atoms with Gasteiger partial charge in [-0.15, -0.1) is 0 Å². The van der Waals surface area contributed by atoms with E-state index in [1.807, 2.05) is 6.92 Å². The summed E-state index contributed by atoms with van der Waals surface area (Å²) in [6.07, 6.45) is 2.62. The first-order valence-electron chi connectivity index (χ1n) is 8.64. The molecule has 2 aromatic rings. The lowest BCUT2D eigenvalue weighted by molar-refractivity contribution is -0.145. The SMILES string of the molecule is C[C@@H]1C[C@H](N2CCC[C@@H](c3nc(-c4ccc(F)cc4)no3)C2)C(=O)O1. The second kappa shape index (κ2) is 6.55. The highest BCUT2D eigenvalue weighted by Crippen LogP contribution is 2.31. The van der Waals surface area contributed by atoms with Crippen LogP contribution in [0.25, 0.3) is 11.4 Å². The van der Waals surface area contributed by atoms with Crippen LogP contribution in [0.5, 0.6) is 0 Å². The van der Waals surface area contributed by atoms with Gasteiger partial charge in [0.1, 0.15) is 18.0 Å². The number of likely N-dealkylation sites (tertiary alicyclic amines) is 1. The van der Waals surface area contributed by atoms with Crippen LogP contribution in [-0.4, -0.2) is 46.2 Å². The van der Waals surface area contributed by atoms with Crippen molar-refractivity contribution in [1.82, 2.24) is 15.0 Å². The molecule has 3 heterocycles. The molecule has 25 heavy (non-hydrogen) atoms. The van der Waals surface area contributed by atoms with Gasteiger partial charge in [-0.05, 0) is 50.6 Å². The van der Waals surface area contributed by atoms with Crippen LogP contribution < -0.4 is 0 Å². The molecule has 0 unspecified atom stereocenters. The molecule has 0 spiro atoms. The molecule has 132 valence electrons. The van der Waals surface area contributed by atoms with E-state index in [1.54, 1.807) is 12.1 Å². The molecule has 1 aromatic carbocycles. The number of rotatable bonds is 3. The van der Waals surface area contributed by atoms with Crippen LogP contribution in [0.3, 0.4) is 0 Å². The summed E-state index contributed by atoms with van der Waals surface area (Å²) in [6.45, 7) is 3.51. The van der Waals surface area contributed by atoms with Crippen molar-refractivity contribution in [1.29, 1.82) is 0 Å². The predicted octanol–water partition coefficient (Wildman–Crippen LogP) is 2.76. The summed E-state index contributed by atoms with van der Waals surface area (Å²) < 4.78 is 23.8. The van der Waals surface area contributed by atoms with Crippen molar-refractivity contribution >= 4 is 5.97 Å². The Hall–Kier alpha value is -2.28. The molecule has 1 aromatic heterocycles. The number of benzene rings is 1. The standard InChI is InChI=1S/C18H20FN3O3/c1-11-9-15(18(23)24-11)22-8-2-3-13(10-22)17-20-16(21-25-17)12-4-6-14(19)7-5-12/h4-7,11,13,15H,2-3,8-10H2,1H3/t11-,13-,15+/m1/s1. The van der Waals surface area contributed by atoms with Crippen LogP contribution in [0.2, 0.25) is 0 Å². The van der Waals surface area contributed by atoms with Gasteiger partial charge in [-0.1, -0.05) is 5.16 Å². The van der Waals surface area contributed by atoms with Crippen molar-refractivity contribution in [3.63, 3.8) is 0 Å². The van der Waals surface area contributed by atoms with E-state index in [2.05, 4.69) is 15.0 Å². The molecule has 2 fully saturated rings. The third kappa shape index (κ3) is 3.28. The Morgan fingerprint density at radius 1 is 1.28 bits per heavy atom. The Morgan fingerprint density at radius 2 is 2.08 bits per heavy atom.